The monoisotopic (exact) mass is 329 g/mol. The molecule has 1 heterocycles. The molecule has 1 aliphatic rings. The molecule has 2 aromatic rings. The molecule has 0 aliphatic heterocycles. The van der Waals surface area contributed by atoms with E-state index in [2.05, 4.69) is 41.6 Å². The Labute approximate surface area is 143 Å². The normalized spacial score (nSPS) is 19.7. The molecule has 1 aromatic heterocycles. The zero-order chi connectivity index (χ0) is 16.8. The Hall–Kier alpha value is -1.69. The van der Waals surface area contributed by atoms with Crippen molar-refractivity contribution in [2.24, 2.45) is 0 Å². The maximum atomic E-state index is 10.2. The van der Waals surface area contributed by atoms with Crippen LogP contribution in [0.1, 0.15) is 37.0 Å². The molecular weight excluding hydrogens is 302 g/mol. The minimum atomic E-state index is -0.501. The number of aryl methyl sites for hydroxylation is 1. The van der Waals surface area contributed by atoms with E-state index in [1.807, 2.05) is 16.9 Å². The maximum absolute atomic E-state index is 10.2. The molecule has 0 saturated carbocycles. The molecule has 2 N–H and O–H groups in total. The number of benzene rings is 1. The van der Waals surface area contributed by atoms with Gasteiger partial charge in [0.25, 0.3) is 0 Å². The summed E-state index contributed by atoms with van der Waals surface area (Å²) >= 11 is 0. The number of hydrogen-bond acceptors (Lipinski definition) is 4. The number of nitrogens with zero attached hydrogens (tertiary/aromatic N) is 2. The zero-order valence-electron chi connectivity index (χ0n) is 14.3. The summed E-state index contributed by atoms with van der Waals surface area (Å²) < 4.78 is 7.89. The van der Waals surface area contributed by atoms with Gasteiger partial charge in [-0.1, -0.05) is 24.3 Å². The molecule has 1 aliphatic carbocycles. The minimum absolute atomic E-state index is 0.117. The summed E-state index contributed by atoms with van der Waals surface area (Å²) in [5, 5.41) is 17.7. The SMILES string of the molecule is C[C@H](Cn1cccn1)NC[C@H](O)CO[C@H]1CCCc2ccccc21. The molecule has 0 fully saturated rings. The second-order valence-electron chi connectivity index (χ2n) is 6.60. The highest BCUT2D eigenvalue weighted by molar-refractivity contribution is 5.31. The van der Waals surface area contributed by atoms with E-state index in [0.717, 1.165) is 25.8 Å². The highest BCUT2D eigenvalue weighted by Crippen LogP contribution is 2.32. The number of aliphatic hydroxyl groups excluding tert-OH is 1. The maximum Gasteiger partial charge on any atom is 0.0898 e. The molecule has 0 bridgehead atoms. The van der Waals surface area contributed by atoms with E-state index in [9.17, 15) is 5.11 Å². The number of fused-ring (bicyclic) bond motifs is 1. The number of aromatic nitrogens is 2. The Morgan fingerprint density at radius 2 is 2.25 bits per heavy atom. The van der Waals surface area contributed by atoms with Crippen LogP contribution in [0, 0.1) is 0 Å². The number of aliphatic hydroxyl groups is 1. The molecule has 0 radical (unpaired) electrons. The van der Waals surface area contributed by atoms with Crippen LogP contribution >= 0.6 is 0 Å². The molecular formula is C19H27N3O2. The van der Waals surface area contributed by atoms with Crippen molar-refractivity contribution in [3.05, 3.63) is 53.9 Å². The first-order valence-electron chi connectivity index (χ1n) is 8.80. The molecule has 0 unspecified atom stereocenters. The van der Waals surface area contributed by atoms with Gasteiger partial charge in [-0.15, -0.1) is 0 Å². The van der Waals surface area contributed by atoms with Crippen LogP contribution in [0.4, 0.5) is 0 Å². The Balaban J connectivity index is 1.40. The smallest absolute Gasteiger partial charge is 0.0898 e. The van der Waals surface area contributed by atoms with Gasteiger partial charge in [-0.3, -0.25) is 4.68 Å². The second kappa shape index (κ2) is 8.42. The molecule has 5 nitrogen and oxygen atoms in total. The molecule has 0 spiro atoms. The van der Waals surface area contributed by atoms with Crippen LogP contribution in [0.2, 0.25) is 0 Å². The van der Waals surface area contributed by atoms with Gasteiger partial charge in [0, 0.05) is 25.0 Å². The number of ether oxygens (including phenoxy) is 1. The van der Waals surface area contributed by atoms with E-state index >= 15 is 0 Å². The van der Waals surface area contributed by atoms with Crippen LogP contribution in [-0.4, -0.2) is 40.2 Å². The van der Waals surface area contributed by atoms with Gasteiger partial charge in [0.15, 0.2) is 0 Å². The van der Waals surface area contributed by atoms with Crippen molar-refractivity contribution in [1.82, 2.24) is 15.1 Å². The van der Waals surface area contributed by atoms with Crippen LogP contribution in [0.3, 0.4) is 0 Å². The van der Waals surface area contributed by atoms with Crippen molar-refractivity contribution in [3.63, 3.8) is 0 Å². The van der Waals surface area contributed by atoms with Crippen LogP contribution in [0.15, 0.2) is 42.7 Å². The first kappa shape index (κ1) is 17.1. The lowest BCUT2D eigenvalue weighted by Crippen LogP contribution is -2.38. The third-order valence-corrected chi connectivity index (χ3v) is 4.53. The molecule has 5 heteroatoms. The molecule has 0 amide bonds. The summed E-state index contributed by atoms with van der Waals surface area (Å²) in [7, 11) is 0. The fraction of sp³-hybridized carbons (Fsp3) is 0.526. The van der Waals surface area contributed by atoms with Gasteiger partial charge >= 0.3 is 0 Å². The molecule has 3 rings (SSSR count). The Kier molecular flexibility index (Phi) is 6.01. The first-order valence-corrected chi connectivity index (χ1v) is 8.80. The van der Waals surface area contributed by atoms with Gasteiger partial charge in [-0.05, 0) is 43.4 Å². The number of nitrogens with one attached hydrogen (secondary N) is 1. The largest absolute Gasteiger partial charge is 0.389 e. The van der Waals surface area contributed by atoms with E-state index in [0.29, 0.717) is 13.2 Å². The third kappa shape index (κ3) is 4.66. The van der Waals surface area contributed by atoms with E-state index in [1.165, 1.54) is 11.1 Å². The van der Waals surface area contributed by atoms with Crippen molar-refractivity contribution >= 4 is 0 Å². The van der Waals surface area contributed by atoms with Gasteiger partial charge in [0.05, 0.1) is 25.4 Å². The predicted molar refractivity (Wildman–Crippen MR) is 93.8 cm³/mol. The fourth-order valence-corrected chi connectivity index (χ4v) is 3.26. The van der Waals surface area contributed by atoms with Gasteiger partial charge in [0.2, 0.25) is 0 Å². The van der Waals surface area contributed by atoms with Crippen LogP contribution in [0.25, 0.3) is 0 Å². The summed E-state index contributed by atoms with van der Waals surface area (Å²) in [5.74, 6) is 0. The Morgan fingerprint density at radius 3 is 3.08 bits per heavy atom. The van der Waals surface area contributed by atoms with Gasteiger partial charge < -0.3 is 15.2 Å². The highest BCUT2D eigenvalue weighted by atomic mass is 16.5. The van der Waals surface area contributed by atoms with Crippen LogP contribution < -0.4 is 5.32 Å². The van der Waals surface area contributed by atoms with Gasteiger partial charge in [-0.25, -0.2) is 0 Å². The summed E-state index contributed by atoms with van der Waals surface area (Å²) in [4.78, 5) is 0. The van der Waals surface area contributed by atoms with Crippen molar-refractivity contribution in [2.75, 3.05) is 13.2 Å². The summed E-state index contributed by atoms with van der Waals surface area (Å²) in [6, 6.07) is 10.6. The van der Waals surface area contributed by atoms with Crippen molar-refractivity contribution in [1.29, 1.82) is 0 Å². The van der Waals surface area contributed by atoms with E-state index < -0.39 is 6.10 Å². The number of rotatable bonds is 8. The summed E-state index contributed by atoms with van der Waals surface area (Å²) in [5.41, 5.74) is 2.67. The number of hydrogen-bond donors (Lipinski definition) is 2. The average Bonchev–Trinajstić information content (AvgIpc) is 3.11. The van der Waals surface area contributed by atoms with E-state index in [-0.39, 0.29) is 12.1 Å². The predicted octanol–water partition coefficient (Wildman–Crippen LogP) is 2.32. The Bertz CT molecular complexity index is 615. The van der Waals surface area contributed by atoms with Crippen LogP contribution in [0.5, 0.6) is 0 Å². The average molecular weight is 329 g/mol. The van der Waals surface area contributed by atoms with Gasteiger partial charge in [0.1, 0.15) is 0 Å². The minimum Gasteiger partial charge on any atom is -0.389 e. The standard InChI is InChI=1S/C19H27N3O2/c1-15(13-22-11-5-10-21-22)20-12-17(23)14-24-19-9-4-7-16-6-2-3-8-18(16)19/h2-3,5-6,8,10-11,15,17,19-20,23H,4,7,9,12-14H2,1H3/t15-,17+,19+/m1/s1. The molecule has 24 heavy (non-hydrogen) atoms. The lowest BCUT2D eigenvalue weighted by molar-refractivity contribution is -0.0174. The van der Waals surface area contributed by atoms with Crippen molar-refractivity contribution in [2.45, 2.75) is 51.0 Å². The zero-order valence-corrected chi connectivity index (χ0v) is 14.3. The molecule has 1 aromatic carbocycles. The van der Waals surface area contributed by atoms with E-state index in [4.69, 9.17) is 4.74 Å². The van der Waals surface area contributed by atoms with Crippen molar-refractivity contribution < 1.29 is 9.84 Å². The summed E-state index contributed by atoms with van der Waals surface area (Å²) in [6.07, 6.45) is 6.65. The van der Waals surface area contributed by atoms with Crippen LogP contribution in [-0.2, 0) is 17.7 Å². The van der Waals surface area contributed by atoms with E-state index in [1.54, 1.807) is 6.20 Å². The fourth-order valence-electron chi connectivity index (χ4n) is 3.26. The molecule has 130 valence electrons. The van der Waals surface area contributed by atoms with Crippen molar-refractivity contribution in [3.8, 4) is 0 Å². The van der Waals surface area contributed by atoms with Gasteiger partial charge in [-0.2, -0.15) is 5.10 Å². The highest BCUT2D eigenvalue weighted by Gasteiger charge is 2.21. The second-order valence-corrected chi connectivity index (χ2v) is 6.60. The Morgan fingerprint density at radius 1 is 1.38 bits per heavy atom. The third-order valence-electron chi connectivity index (χ3n) is 4.53. The molecule has 0 saturated heterocycles. The molecule has 3 atom stereocenters. The lowest BCUT2D eigenvalue weighted by atomic mass is 9.89. The first-order chi connectivity index (χ1) is 11.7. The topological polar surface area (TPSA) is 59.3 Å². The summed E-state index contributed by atoms with van der Waals surface area (Å²) in [6.45, 7) is 3.76. The quantitative estimate of drug-likeness (QED) is 0.780. The lowest BCUT2D eigenvalue weighted by Gasteiger charge is -2.27.